The smallest absolute Gasteiger partial charge is 0.282 e. The highest BCUT2D eigenvalue weighted by Gasteiger charge is 2.40. The van der Waals surface area contributed by atoms with Gasteiger partial charge < -0.3 is 10.5 Å². The minimum absolute atomic E-state index is 0.203. The largest absolute Gasteiger partial charge is 0.379 e. The Morgan fingerprint density at radius 1 is 1.29 bits per heavy atom. The fourth-order valence-electron chi connectivity index (χ4n) is 2.02. The SMILES string of the molecule is NCCCN(C1CC1)S(=O)(=O)N1CCOCC1. The predicted molar refractivity (Wildman–Crippen MR) is 64.7 cm³/mol. The third-order valence-electron chi connectivity index (χ3n) is 3.13. The molecule has 1 aliphatic heterocycles. The van der Waals surface area contributed by atoms with E-state index in [0.717, 1.165) is 19.3 Å². The Balaban J connectivity index is 2.04. The lowest BCUT2D eigenvalue weighted by atomic mass is 10.4. The van der Waals surface area contributed by atoms with Crippen LogP contribution in [-0.2, 0) is 14.9 Å². The van der Waals surface area contributed by atoms with E-state index in [1.165, 1.54) is 4.31 Å². The van der Waals surface area contributed by atoms with E-state index >= 15 is 0 Å². The summed E-state index contributed by atoms with van der Waals surface area (Å²) in [7, 11) is -3.30. The molecule has 0 spiro atoms. The first-order chi connectivity index (χ1) is 8.16. The maximum absolute atomic E-state index is 12.4. The molecule has 1 heterocycles. The summed E-state index contributed by atoms with van der Waals surface area (Å²) in [6.07, 6.45) is 2.68. The maximum atomic E-state index is 12.4. The van der Waals surface area contributed by atoms with Crippen LogP contribution in [0.2, 0.25) is 0 Å². The number of hydrogen-bond acceptors (Lipinski definition) is 4. The average Bonchev–Trinajstić information content (AvgIpc) is 3.15. The van der Waals surface area contributed by atoms with Crippen LogP contribution < -0.4 is 5.73 Å². The lowest BCUT2D eigenvalue weighted by molar-refractivity contribution is 0.0699. The van der Waals surface area contributed by atoms with E-state index in [0.29, 0.717) is 39.4 Å². The van der Waals surface area contributed by atoms with Crippen molar-refractivity contribution >= 4 is 10.2 Å². The fraction of sp³-hybridized carbons (Fsp3) is 1.00. The Morgan fingerprint density at radius 3 is 2.47 bits per heavy atom. The molecule has 17 heavy (non-hydrogen) atoms. The van der Waals surface area contributed by atoms with Gasteiger partial charge in [0.1, 0.15) is 0 Å². The van der Waals surface area contributed by atoms with E-state index in [4.69, 9.17) is 10.5 Å². The van der Waals surface area contributed by atoms with Gasteiger partial charge in [-0.2, -0.15) is 17.0 Å². The molecule has 0 bridgehead atoms. The van der Waals surface area contributed by atoms with Crippen molar-refractivity contribution in [3.05, 3.63) is 0 Å². The molecule has 0 aromatic heterocycles. The van der Waals surface area contributed by atoms with Gasteiger partial charge in [-0.25, -0.2) is 0 Å². The van der Waals surface area contributed by atoms with Gasteiger partial charge in [-0.3, -0.25) is 0 Å². The molecule has 1 aliphatic carbocycles. The van der Waals surface area contributed by atoms with Gasteiger partial charge in [0.05, 0.1) is 13.2 Å². The third-order valence-corrected chi connectivity index (χ3v) is 5.22. The molecule has 6 nitrogen and oxygen atoms in total. The van der Waals surface area contributed by atoms with E-state index in [9.17, 15) is 8.42 Å². The van der Waals surface area contributed by atoms with Crippen molar-refractivity contribution in [1.29, 1.82) is 0 Å². The summed E-state index contributed by atoms with van der Waals surface area (Å²) in [5.74, 6) is 0. The quantitative estimate of drug-likeness (QED) is 0.693. The van der Waals surface area contributed by atoms with Crippen LogP contribution in [0.5, 0.6) is 0 Å². The lowest BCUT2D eigenvalue weighted by Gasteiger charge is -2.32. The van der Waals surface area contributed by atoms with Crippen molar-refractivity contribution in [2.75, 3.05) is 39.4 Å². The van der Waals surface area contributed by atoms with Crippen LogP contribution in [0.4, 0.5) is 0 Å². The van der Waals surface area contributed by atoms with Crippen molar-refractivity contribution in [2.45, 2.75) is 25.3 Å². The van der Waals surface area contributed by atoms with Crippen LogP contribution in [0.25, 0.3) is 0 Å². The molecular formula is C10H21N3O3S. The van der Waals surface area contributed by atoms with Crippen LogP contribution in [0, 0.1) is 0 Å². The van der Waals surface area contributed by atoms with Crippen LogP contribution in [-0.4, -0.2) is 62.5 Å². The number of nitrogens with zero attached hydrogens (tertiary/aromatic N) is 2. The van der Waals surface area contributed by atoms with Crippen molar-refractivity contribution in [2.24, 2.45) is 5.73 Å². The summed E-state index contributed by atoms with van der Waals surface area (Å²) in [6, 6.07) is 0.203. The van der Waals surface area contributed by atoms with Crippen LogP contribution >= 0.6 is 0 Å². The number of hydrogen-bond donors (Lipinski definition) is 1. The van der Waals surface area contributed by atoms with Gasteiger partial charge >= 0.3 is 0 Å². The van der Waals surface area contributed by atoms with Crippen LogP contribution in [0.1, 0.15) is 19.3 Å². The number of nitrogens with two attached hydrogens (primary N) is 1. The lowest BCUT2D eigenvalue weighted by Crippen LogP contribution is -2.49. The topological polar surface area (TPSA) is 75.9 Å². The minimum atomic E-state index is -3.30. The van der Waals surface area contributed by atoms with Gasteiger partial charge in [0.15, 0.2) is 0 Å². The normalized spacial score (nSPS) is 23.2. The zero-order valence-corrected chi connectivity index (χ0v) is 10.9. The summed E-state index contributed by atoms with van der Waals surface area (Å²) in [5, 5.41) is 0. The Kier molecular flexibility index (Phi) is 4.37. The molecule has 0 radical (unpaired) electrons. The second-order valence-corrected chi connectivity index (χ2v) is 6.38. The predicted octanol–water partition coefficient (Wildman–Crippen LogP) is -0.623. The molecule has 100 valence electrons. The van der Waals surface area contributed by atoms with Gasteiger partial charge in [0.25, 0.3) is 10.2 Å². The summed E-state index contributed by atoms with van der Waals surface area (Å²) in [4.78, 5) is 0. The highest BCUT2D eigenvalue weighted by Crippen LogP contribution is 2.30. The molecule has 7 heteroatoms. The first-order valence-corrected chi connectivity index (χ1v) is 7.60. The third kappa shape index (κ3) is 3.17. The monoisotopic (exact) mass is 263 g/mol. The molecule has 1 saturated carbocycles. The molecule has 0 unspecified atom stereocenters. The number of morpholine rings is 1. The molecule has 0 aromatic carbocycles. The molecule has 0 amide bonds. The van der Waals surface area contributed by atoms with Gasteiger partial charge in [-0.1, -0.05) is 0 Å². The molecule has 2 N–H and O–H groups in total. The second-order valence-electron chi connectivity index (χ2n) is 4.50. The molecule has 0 aromatic rings. The summed E-state index contributed by atoms with van der Waals surface area (Å²) < 4.78 is 33.2. The van der Waals surface area contributed by atoms with Crippen molar-refractivity contribution in [3.63, 3.8) is 0 Å². The summed E-state index contributed by atoms with van der Waals surface area (Å²) in [5.41, 5.74) is 5.46. The van der Waals surface area contributed by atoms with Gasteiger partial charge in [0, 0.05) is 25.7 Å². The Labute approximate surface area is 103 Å². The Bertz CT molecular complexity index is 337. The molecule has 0 atom stereocenters. The molecule has 1 saturated heterocycles. The van der Waals surface area contributed by atoms with Crippen molar-refractivity contribution < 1.29 is 13.2 Å². The first-order valence-electron chi connectivity index (χ1n) is 6.21. The first kappa shape index (κ1) is 13.2. The van der Waals surface area contributed by atoms with Crippen molar-refractivity contribution in [1.82, 2.24) is 8.61 Å². The summed E-state index contributed by atoms with van der Waals surface area (Å²) in [6.45, 7) is 2.99. The standard InChI is InChI=1S/C10H21N3O3S/c11-4-1-5-13(10-2-3-10)17(14,15)12-6-8-16-9-7-12/h10H,1-9,11H2. The van der Waals surface area contributed by atoms with Crippen LogP contribution in [0.3, 0.4) is 0 Å². The zero-order chi connectivity index (χ0) is 12.3. The highest BCUT2D eigenvalue weighted by atomic mass is 32.2. The van der Waals surface area contributed by atoms with Gasteiger partial charge in [-0.15, -0.1) is 0 Å². The van der Waals surface area contributed by atoms with E-state index < -0.39 is 10.2 Å². The zero-order valence-electron chi connectivity index (χ0n) is 10.0. The van der Waals surface area contributed by atoms with Gasteiger partial charge in [0.2, 0.25) is 0 Å². The van der Waals surface area contributed by atoms with E-state index in [2.05, 4.69) is 0 Å². The average molecular weight is 263 g/mol. The molecular weight excluding hydrogens is 242 g/mol. The van der Waals surface area contributed by atoms with E-state index in [1.54, 1.807) is 4.31 Å². The fourth-order valence-corrected chi connectivity index (χ4v) is 3.88. The highest BCUT2D eigenvalue weighted by molar-refractivity contribution is 7.86. The molecule has 2 fully saturated rings. The summed E-state index contributed by atoms with van der Waals surface area (Å²) >= 11 is 0. The Morgan fingerprint density at radius 2 is 1.94 bits per heavy atom. The van der Waals surface area contributed by atoms with Crippen LogP contribution in [0.15, 0.2) is 0 Å². The van der Waals surface area contributed by atoms with E-state index in [-0.39, 0.29) is 6.04 Å². The number of rotatable bonds is 6. The van der Waals surface area contributed by atoms with Gasteiger partial charge in [-0.05, 0) is 25.8 Å². The Hall–Kier alpha value is -0.210. The van der Waals surface area contributed by atoms with Crippen molar-refractivity contribution in [3.8, 4) is 0 Å². The van der Waals surface area contributed by atoms with E-state index in [1.807, 2.05) is 0 Å². The molecule has 2 rings (SSSR count). The molecule has 2 aliphatic rings. The number of ether oxygens (including phenoxy) is 1. The minimum Gasteiger partial charge on any atom is -0.379 e. The maximum Gasteiger partial charge on any atom is 0.282 e. The second kappa shape index (κ2) is 5.62.